The van der Waals surface area contributed by atoms with Gasteiger partial charge in [-0.25, -0.2) is 0 Å². The van der Waals surface area contributed by atoms with Crippen molar-refractivity contribution in [2.45, 2.75) is 46.0 Å². The molecule has 0 saturated carbocycles. The Labute approximate surface area is 112 Å². The lowest BCUT2D eigenvalue weighted by molar-refractivity contribution is 0.479. The Kier molecular flexibility index (Phi) is 7.17. The van der Waals surface area contributed by atoms with Crippen molar-refractivity contribution in [3.05, 3.63) is 54.1 Å². The zero-order chi connectivity index (χ0) is 13.2. The molecule has 0 nitrogen and oxygen atoms in total. The summed E-state index contributed by atoms with van der Waals surface area (Å²) < 4.78 is 0. The van der Waals surface area contributed by atoms with Crippen LogP contribution in [0.5, 0.6) is 0 Å². The van der Waals surface area contributed by atoms with Gasteiger partial charge < -0.3 is 0 Å². The Morgan fingerprint density at radius 3 is 2.61 bits per heavy atom. The van der Waals surface area contributed by atoms with E-state index in [1.165, 1.54) is 43.2 Å². The Morgan fingerprint density at radius 1 is 1.22 bits per heavy atom. The molecule has 18 heavy (non-hydrogen) atoms. The lowest BCUT2D eigenvalue weighted by Crippen LogP contribution is -1.94. The summed E-state index contributed by atoms with van der Waals surface area (Å²) in [7, 11) is 0. The average Bonchev–Trinajstić information content (AvgIpc) is 2.35. The molecule has 0 saturated heterocycles. The fraction of sp³-hybridized carbons (Fsp3) is 0.444. The van der Waals surface area contributed by atoms with Crippen molar-refractivity contribution < 1.29 is 0 Å². The van der Waals surface area contributed by atoms with Crippen LogP contribution in [0.1, 0.15) is 51.5 Å². The standard InChI is InChI=1S/C18H26/c1-16(2)10-9-12-17(3)11-7-8-15-18-13-5-4-6-14-18/h4-6,8,13-15,17H,1,7,9-12H2,2-3H3/b15-8+/t17-/m1/s1. The minimum atomic E-state index is 0.824. The van der Waals surface area contributed by atoms with Crippen molar-refractivity contribution in [2.75, 3.05) is 0 Å². The summed E-state index contributed by atoms with van der Waals surface area (Å²) in [6.45, 7) is 8.42. The normalized spacial score (nSPS) is 12.8. The zero-order valence-corrected chi connectivity index (χ0v) is 11.9. The Hall–Kier alpha value is -1.30. The molecule has 1 aromatic rings. The van der Waals surface area contributed by atoms with Crippen molar-refractivity contribution in [3.63, 3.8) is 0 Å². The van der Waals surface area contributed by atoms with Gasteiger partial charge in [0, 0.05) is 0 Å². The number of benzene rings is 1. The first kappa shape index (κ1) is 14.8. The van der Waals surface area contributed by atoms with Crippen LogP contribution in [0.25, 0.3) is 6.08 Å². The van der Waals surface area contributed by atoms with Gasteiger partial charge in [0.05, 0.1) is 0 Å². The quantitative estimate of drug-likeness (QED) is 0.501. The summed E-state index contributed by atoms with van der Waals surface area (Å²) in [6, 6.07) is 10.5. The minimum absolute atomic E-state index is 0.824. The molecule has 0 heteroatoms. The third kappa shape index (κ3) is 7.11. The maximum absolute atomic E-state index is 3.95. The fourth-order valence-corrected chi connectivity index (χ4v) is 2.06. The third-order valence-corrected chi connectivity index (χ3v) is 3.24. The molecule has 0 aromatic heterocycles. The summed E-state index contributed by atoms with van der Waals surface area (Å²) in [5, 5.41) is 0. The van der Waals surface area contributed by atoms with Crippen molar-refractivity contribution in [2.24, 2.45) is 5.92 Å². The van der Waals surface area contributed by atoms with Gasteiger partial charge in [-0.2, -0.15) is 0 Å². The van der Waals surface area contributed by atoms with Gasteiger partial charge in [-0.3, -0.25) is 0 Å². The molecule has 1 rings (SSSR count). The molecular formula is C18H26. The molecule has 98 valence electrons. The molecule has 0 bridgehead atoms. The molecule has 0 unspecified atom stereocenters. The van der Waals surface area contributed by atoms with Crippen molar-refractivity contribution in [1.29, 1.82) is 0 Å². The van der Waals surface area contributed by atoms with Gasteiger partial charge in [0.1, 0.15) is 0 Å². The summed E-state index contributed by atoms with van der Waals surface area (Å²) in [4.78, 5) is 0. The highest BCUT2D eigenvalue weighted by atomic mass is 14.1. The molecular weight excluding hydrogens is 216 g/mol. The van der Waals surface area contributed by atoms with E-state index in [0.717, 1.165) is 5.92 Å². The summed E-state index contributed by atoms with van der Waals surface area (Å²) in [5.41, 5.74) is 2.61. The second kappa shape index (κ2) is 8.74. The monoisotopic (exact) mass is 242 g/mol. The molecule has 1 atom stereocenters. The molecule has 0 aliphatic carbocycles. The van der Waals surface area contributed by atoms with Crippen LogP contribution in [0.4, 0.5) is 0 Å². The van der Waals surface area contributed by atoms with E-state index in [4.69, 9.17) is 0 Å². The van der Waals surface area contributed by atoms with Gasteiger partial charge in [0.2, 0.25) is 0 Å². The highest BCUT2D eigenvalue weighted by Gasteiger charge is 2.00. The van der Waals surface area contributed by atoms with Crippen LogP contribution in [0, 0.1) is 5.92 Å². The molecule has 0 fully saturated rings. The van der Waals surface area contributed by atoms with Crippen LogP contribution >= 0.6 is 0 Å². The van der Waals surface area contributed by atoms with Crippen LogP contribution in [0.2, 0.25) is 0 Å². The van der Waals surface area contributed by atoms with Gasteiger partial charge >= 0.3 is 0 Å². The smallest absolute Gasteiger partial charge is 0.0260 e. The second-order valence-corrected chi connectivity index (χ2v) is 5.34. The van der Waals surface area contributed by atoms with E-state index in [1.54, 1.807) is 0 Å². The van der Waals surface area contributed by atoms with Crippen LogP contribution in [-0.2, 0) is 0 Å². The average molecular weight is 242 g/mol. The highest BCUT2D eigenvalue weighted by molar-refractivity contribution is 5.48. The summed E-state index contributed by atoms with van der Waals surface area (Å²) in [6.07, 6.45) is 10.8. The van der Waals surface area contributed by atoms with E-state index in [2.05, 4.69) is 62.9 Å². The topological polar surface area (TPSA) is 0 Å². The maximum Gasteiger partial charge on any atom is -0.0260 e. The fourth-order valence-electron chi connectivity index (χ4n) is 2.06. The minimum Gasteiger partial charge on any atom is -0.100 e. The van der Waals surface area contributed by atoms with Crippen molar-refractivity contribution >= 4 is 6.08 Å². The van der Waals surface area contributed by atoms with Gasteiger partial charge in [-0.1, -0.05) is 61.4 Å². The molecule has 0 spiro atoms. The Bertz CT molecular complexity index is 359. The molecule has 1 aromatic carbocycles. The van der Waals surface area contributed by atoms with Crippen molar-refractivity contribution in [1.82, 2.24) is 0 Å². The summed E-state index contributed by atoms with van der Waals surface area (Å²) in [5.74, 6) is 0.824. The van der Waals surface area contributed by atoms with E-state index in [0.29, 0.717) is 0 Å². The first-order chi connectivity index (χ1) is 8.68. The molecule has 0 radical (unpaired) electrons. The number of hydrogen-bond donors (Lipinski definition) is 0. The SMILES string of the molecule is C=C(C)CCC[C@H](C)CC/C=C/c1ccccc1. The van der Waals surface area contributed by atoms with Gasteiger partial charge in [0.25, 0.3) is 0 Å². The van der Waals surface area contributed by atoms with Gasteiger partial charge in [-0.15, -0.1) is 6.58 Å². The van der Waals surface area contributed by atoms with Crippen LogP contribution in [0.15, 0.2) is 48.6 Å². The van der Waals surface area contributed by atoms with E-state index < -0.39 is 0 Å². The predicted octanol–water partition coefficient (Wildman–Crippen LogP) is 5.86. The van der Waals surface area contributed by atoms with E-state index in [-0.39, 0.29) is 0 Å². The first-order valence-corrected chi connectivity index (χ1v) is 7.04. The second-order valence-electron chi connectivity index (χ2n) is 5.34. The molecule has 0 N–H and O–H groups in total. The molecule has 0 aliphatic heterocycles. The first-order valence-electron chi connectivity index (χ1n) is 7.04. The third-order valence-electron chi connectivity index (χ3n) is 3.24. The van der Waals surface area contributed by atoms with E-state index in [9.17, 15) is 0 Å². The maximum atomic E-state index is 3.95. The summed E-state index contributed by atoms with van der Waals surface area (Å²) >= 11 is 0. The largest absolute Gasteiger partial charge is 0.100 e. The van der Waals surface area contributed by atoms with Crippen molar-refractivity contribution in [3.8, 4) is 0 Å². The van der Waals surface area contributed by atoms with Gasteiger partial charge in [0.15, 0.2) is 0 Å². The Morgan fingerprint density at radius 2 is 1.94 bits per heavy atom. The predicted molar refractivity (Wildman–Crippen MR) is 82.5 cm³/mol. The van der Waals surface area contributed by atoms with Crippen LogP contribution in [0.3, 0.4) is 0 Å². The molecule has 0 heterocycles. The van der Waals surface area contributed by atoms with Crippen LogP contribution in [-0.4, -0.2) is 0 Å². The number of hydrogen-bond acceptors (Lipinski definition) is 0. The lowest BCUT2D eigenvalue weighted by Gasteiger charge is -2.09. The molecule has 0 amide bonds. The van der Waals surface area contributed by atoms with E-state index >= 15 is 0 Å². The zero-order valence-electron chi connectivity index (χ0n) is 11.9. The molecule has 0 aliphatic rings. The highest BCUT2D eigenvalue weighted by Crippen LogP contribution is 2.16. The lowest BCUT2D eigenvalue weighted by atomic mass is 9.97. The van der Waals surface area contributed by atoms with Gasteiger partial charge in [-0.05, 0) is 44.1 Å². The van der Waals surface area contributed by atoms with Crippen LogP contribution < -0.4 is 0 Å². The number of rotatable bonds is 8. The number of allylic oxidation sites excluding steroid dienone is 2. The van der Waals surface area contributed by atoms with E-state index in [1.807, 2.05) is 0 Å². The Balaban J connectivity index is 2.13.